The molecule has 0 unspecified atom stereocenters. The minimum atomic E-state index is 0.145. The van der Waals surface area contributed by atoms with Gasteiger partial charge in [-0.2, -0.15) is 11.8 Å². The van der Waals surface area contributed by atoms with Gasteiger partial charge in [0, 0.05) is 46.9 Å². The summed E-state index contributed by atoms with van der Waals surface area (Å²) in [6.07, 6.45) is 4.20. The van der Waals surface area contributed by atoms with E-state index in [2.05, 4.69) is 20.9 Å². The molecule has 0 spiro atoms. The summed E-state index contributed by atoms with van der Waals surface area (Å²) in [6, 6.07) is 1.98. The molecule has 1 amide bonds. The maximum absolute atomic E-state index is 12.5. The summed E-state index contributed by atoms with van der Waals surface area (Å²) in [5.41, 5.74) is 1.85. The smallest absolute Gasteiger partial charge is 0.255 e. The van der Waals surface area contributed by atoms with E-state index >= 15 is 0 Å². The van der Waals surface area contributed by atoms with E-state index in [0.717, 1.165) is 40.3 Å². The van der Waals surface area contributed by atoms with Gasteiger partial charge in [0.2, 0.25) is 0 Å². The summed E-state index contributed by atoms with van der Waals surface area (Å²) in [6.45, 7) is 1.72. The van der Waals surface area contributed by atoms with Crippen LogP contribution in [0.3, 0.4) is 0 Å². The Bertz CT molecular complexity index is 470. The molecule has 3 nitrogen and oxygen atoms in total. The van der Waals surface area contributed by atoms with E-state index < -0.39 is 0 Å². The fraction of sp³-hybridized carbons (Fsp3) is 0.538. The summed E-state index contributed by atoms with van der Waals surface area (Å²) in [5, 5.41) is 0. The second-order valence-corrected chi connectivity index (χ2v) is 6.85. The SMILES string of the molecule is O=C(c1cc(C2CC2)ncc1Br)N1CCSCC1. The van der Waals surface area contributed by atoms with Crippen molar-refractivity contribution in [3.8, 4) is 0 Å². The van der Waals surface area contributed by atoms with Crippen LogP contribution in [0, 0.1) is 0 Å². The summed E-state index contributed by atoms with van der Waals surface area (Å²) in [7, 11) is 0. The van der Waals surface area contributed by atoms with Crippen LogP contribution in [0.25, 0.3) is 0 Å². The Morgan fingerprint density at radius 3 is 2.78 bits per heavy atom. The molecule has 0 bridgehead atoms. The van der Waals surface area contributed by atoms with Gasteiger partial charge in [0.15, 0.2) is 0 Å². The highest BCUT2D eigenvalue weighted by Crippen LogP contribution is 2.39. The molecule has 0 N–H and O–H groups in total. The zero-order valence-electron chi connectivity index (χ0n) is 10.1. The first-order valence-corrected chi connectivity index (χ1v) is 8.23. The number of amides is 1. The molecule has 1 aliphatic carbocycles. The van der Waals surface area contributed by atoms with Crippen molar-refractivity contribution in [3.63, 3.8) is 0 Å². The normalized spacial score (nSPS) is 19.9. The Morgan fingerprint density at radius 2 is 2.11 bits per heavy atom. The lowest BCUT2D eigenvalue weighted by Crippen LogP contribution is -2.38. The van der Waals surface area contributed by atoms with Crippen LogP contribution >= 0.6 is 27.7 Å². The first-order chi connectivity index (χ1) is 8.75. The molecule has 1 aromatic rings. The number of pyridine rings is 1. The highest BCUT2D eigenvalue weighted by molar-refractivity contribution is 9.10. The molecule has 0 atom stereocenters. The number of thioether (sulfide) groups is 1. The molecule has 2 fully saturated rings. The van der Waals surface area contributed by atoms with Crippen LogP contribution in [0.4, 0.5) is 0 Å². The van der Waals surface area contributed by atoms with E-state index in [1.54, 1.807) is 6.20 Å². The Kier molecular flexibility index (Phi) is 3.61. The molecule has 1 saturated heterocycles. The molecular weight excluding hydrogens is 312 g/mol. The maximum atomic E-state index is 12.5. The van der Waals surface area contributed by atoms with Crippen molar-refractivity contribution >= 4 is 33.6 Å². The third-order valence-electron chi connectivity index (χ3n) is 3.40. The van der Waals surface area contributed by atoms with E-state index in [-0.39, 0.29) is 5.91 Å². The van der Waals surface area contributed by atoms with Gasteiger partial charge >= 0.3 is 0 Å². The van der Waals surface area contributed by atoms with Crippen molar-refractivity contribution in [1.82, 2.24) is 9.88 Å². The highest BCUT2D eigenvalue weighted by Gasteiger charge is 2.27. The van der Waals surface area contributed by atoms with Crippen molar-refractivity contribution in [2.45, 2.75) is 18.8 Å². The van der Waals surface area contributed by atoms with Gasteiger partial charge in [-0.1, -0.05) is 0 Å². The van der Waals surface area contributed by atoms with Crippen LogP contribution in [-0.4, -0.2) is 40.4 Å². The van der Waals surface area contributed by atoms with Gasteiger partial charge < -0.3 is 4.90 Å². The maximum Gasteiger partial charge on any atom is 0.255 e. The third-order valence-corrected chi connectivity index (χ3v) is 4.98. The summed E-state index contributed by atoms with van der Waals surface area (Å²) in [5.74, 6) is 2.82. The fourth-order valence-electron chi connectivity index (χ4n) is 2.16. The van der Waals surface area contributed by atoms with Gasteiger partial charge in [0.05, 0.1) is 5.56 Å². The van der Waals surface area contributed by atoms with E-state index in [9.17, 15) is 4.79 Å². The van der Waals surface area contributed by atoms with E-state index in [1.807, 2.05) is 22.7 Å². The monoisotopic (exact) mass is 326 g/mol. The molecule has 1 aliphatic heterocycles. The number of nitrogens with zero attached hydrogens (tertiary/aromatic N) is 2. The van der Waals surface area contributed by atoms with Crippen LogP contribution in [0.15, 0.2) is 16.7 Å². The first-order valence-electron chi connectivity index (χ1n) is 6.28. The number of hydrogen-bond acceptors (Lipinski definition) is 3. The lowest BCUT2D eigenvalue weighted by molar-refractivity contribution is 0.0771. The standard InChI is InChI=1S/C13H15BrN2OS/c14-11-8-15-12(9-1-2-9)7-10(11)13(17)16-3-5-18-6-4-16/h7-9H,1-6H2. The lowest BCUT2D eigenvalue weighted by atomic mass is 10.1. The molecule has 1 saturated carbocycles. The zero-order valence-corrected chi connectivity index (χ0v) is 12.5. The number of carbonyl (C=O) groups is 1. The number of aromatic nitrogens is 1. The van der Waals surface area contributed by atoms with Crippen molar-refractivity contribution in [3.05, 3.63) is 28.0 Å². The molecule has 2 aliphatic rings. The number of carbonyl (C=O) groups excluding carboxylic acids is 1. The number of hydrogen-bond donors (Lipinski definition) is 0. The quantitative estimate of drug-likeness (QED) is 0.837. The second kappa shape index (κ2) is 5.21. The van der Waals surface area contributed by atoms with Crippen LogP contribution in [0.5, 0.6) is 0 Å². The van der Waals surface area contributed by atoms with Gasteiger partial charge in [-0.05, 0) is 34.8 Å². The third kappa shape index (κ3) is 2.57. The predicted octanol–water partition coefficient (Wildman–Crippen LogP) is 2.91. The summed E-state index contributed by atoms with van der Waals surface area (Å²) in [4.78, 5) is 18.8. The lowest BCUT2D eigenvalue weighted by Gasteiger charge is -2.26. The van der Waals surface area contributed by atoms with Crippen molar-refractivity contribution in [1.29, 1.82) is 0 Å². The minimum Gasteiger partial charge on any atom is -0.337 e. The average molecular weight is 327 g/mol. The van der Waals surface area contributed by atoms with Crippen LogP contribution < -0.4 is 0 Å². The predicted molar refractivity (Wildman–Crippen MR) is 77.1 cm³/mol. The Balaban J connectivity index is 1.84. The van der Waals surface area contributed by atoms with Gasteiger partial charge in [-0.25, -0.2) is 0 Å². The Hall–Kier alpha value is -0.550. The Labute approximate surface area is 119 Å². The minimum absolute atomic E-state index is 0.145. The van der Waals surface area contributed by atoms with Crippen molar-refractivity contribution in [2.75, 3.05) is 24.6 Å². The summed E-state index contributed by atoms with van der Waals surface area (Å²) < 4.78 is 0.815. The average Bonchev–Trinajstić information content (AvgIpc) is 3.24. The molecule has 3 rings (SSSR count). The fourth-order valence-corrected chi connectivity index (χ4v) is 3.45. The molecule has 5 heteroatoms. The largest absolute Gasteiger partial charge is 0.337 e. The molecule has 18 heavy (non-hydrogen) atoms. The number of halogens is 1. The van der Waals surface area contributed by atoms with Crippen LogP contribution in [0.1, 0.15) is 34.8 Å². The van der Waals surface area contributed by atoms with E-state index in [4.69, 9.17) is 0 Å². The van der Waals surface area contributed by atoms with Gasteiger partial charge in [-0.15, -0.1) is 0 Å². The molecular formula is C13H15BrN2OS. The highest BCUT2D eigenvalue weighted by atomic mass is 79.9. The zero-order chi connectivity index (χ0) is 12.5. The van der Waals surface area contributed by atoms with E-state index in [1.165, 1.54) is 12.8 Å². The molecule has 1 aromatic heterocycles. The first kappa shape index (κ1) is 12.5. The van der Waals surface area contributed by atoms with Gasteiger partial charge in [-0.3, -0.25) is 9.78 Å². The van der Waals surface area contributed by atoms with Crippen molar-refractivity contribution < 1.29 is 4.79 Å². The van der Waals surface area contributed by atoms with Gasteiger partial charge in [0.1, 0.15) is 0 Å². The van der Waals surface area contributed by atoms with Crippen molar-refractivity contribution in [2.24, 2.45) is 0 Å². The molecule has 0 radical (unpaired) electrons. The topological polar surface area (TPSA) is 33.2 Å². The summed E-state index contributed by atoms with van der Waals surface area (Å²) >= 11 is 5.37. The molecule has 2 heterocycles. The van der Waals surface area contributed by atoms with E-state index in [0.29, 0.717) is 5.92 Å². The van der Waals surface area contributed by atoms with Crippen LogP contribution in [0.2, 0.25) is 0 Å². The van der Waals surface area contributed by atoms with Crippen LogP contribution in [-0.2, 0) is 0 Å². The van der Waals surface area contributed by atoms with Gasteiger partial charge in [0.25, 0.3) is 5.91 Å². The Morgan fingerprint density at radius 1 is 1.39 bits per heavy atom. The second-order valence-electron chi connectivity index (χ2n) is 4.77. The number of rotatable bonds is 2. The molecule has 0 aromatic carbocycles. The molecule has 96 valence electrons.